The summed E-state index contributed by atoms with van der Waals surface area (Å²) < 4.78 is 6.41. The summed E-state index contributed by atoms with van der Waals surface area (Å²) in [7, 11) is 0. The predicted molar refractivity (Wildman–Crippen MR) is 57.0 cm³/mol. The summed E-state index contributed by atoms with van der Waals surface area (Å²) in [5, 5.41) is 10.3. The predicted octanol–water partition coefficient (Wildman–Crippen LogP) is 1.44. The van der Waals surface area contributed by atoms with Crippen LogP contribution < -0.4 is 5.32 Å². The van der Waals surface area contributed by atoms with Gasteiger partial charge in [-0.1, -0.05) is 0 Å². The zero-order chi connectivity index (χ0) is 9.80. The van der Waals surface area contributed by atoms with Crippen LogP contribution in [0.15, 0.2) is 10.7 Å². The first kappa shape index (κ1) is 10.1. The van der Waals surface area contributed by atoms with Crippen LogP contribution in [0.3, 0.4) is 0 Å². The lowest BCUT2D eigenvalue weighted by molar-refractivity contribution is 0.0698. The van der Waals surface area contributed by atoms with Gasteiger partial charge in [0.1, 0.15) is 0 Å². The molecule has 2 N–H and O–H groups in total. The molecule has 0 radical (unpaired) electrons. The van der Waals surface area contributed by atoms with Crippen LogP contribution in [-0.4, -0.2) is 29.5 Å². The summed E-state index contributed by atoms with van der Waals surface area (Å²) in [6.07, 6.45) is 4.13. The van der Waals surface area contributed by atoms with Crippen LogP contribution in [-0.2, 0) is 11.3 Å². The molecule has 2 rings (SSSR count). The van der Waals surface area contributed by atoms with Crippen LogP contribution in [0.25, 0.3) is 0 Å². The molecule has 78 valence electrons. The van der Waals surface area contributed by atoms with E-state index in [0.29, 0.717) is 6.04 Å². The van der Waals surface area contributed by atoms with E-state index in [0.717, 1.165) is 36.3 Å². The molecule has 1 aliphatic heterocycles. The third-order valence-corrected chi connectivity index (χ3v) is 3.08. The average Bonchev–Trinajstić information content (AvgIpc) is 2.63. The molecule has 1 aliphatic rings. The van der Waals surface area contributed by atoms with Crippen molar-refractivity contribution in [3.63, 3.8) is 0 Å². The molecule has 1 saturated heterocycles. The van der Waals surface area contributed by atoms with E-state index < -0.39 is 0 Å². The van der Waals surface area contributed by atoms with Gasteiger partial charge in [-0.2, -0.15) is 5.10 Å². The van der Waals surface area contributed by atoms with Crippen LogP contribution in [0, 0.1) is 0 Å². The minimum Gasteiger partial charge on any atom is -0.380 e. The molecule has 0 saturated carbocycles. The molecule has 0 aliphatic carbocycles. The highest BCUT2D eigenvalue weighted by molar-refractivity contribution is 9.10. The Morgan fingerprint density at radius 2 is 2.64 bits per heavy atom. The van der Waals surface area contributed by atoms with Crippen molar-refractivity contribution in [2.75, 3.05) is 13.2 Å². The van der Waals surface area contributed by atoms with E-state index in [1.807, 2.05) is 0 Å². The van der Waals surface area contributed by atoms with Crippen molar-refractivity contribution in [1.29, 1.82) is 0 Å². The molecule has 0 spiro atoms. The Bertz CT molecular complexity index is 283. The number of halogens is 1. The normalized spacial score (nSPS) is 22.5. The quantitative estimate of drug-likeness (QED) is 0.864. The minimum atomic E-state index is 0.485. The topological polar surface area (TPSA) is 49.9 Å². The molecule has 0 amide bonds. The summed E-state index contributed by atoms with van der Waals surface area (Å²) in [6, 6.07) is 0.485. The van der Waals surface area contributed by atoms with Crippen LogP contribution in [0.2, 0.25) is 0 Å². The third kappa shape index (κ3) is 2.56. The molecule has 1 aromatic heterocycles. The zero-order valence-electron chi connectivity index (χ0n) is 7.92. The molecule has 1 atom stereocenters. The lowest BCUT2D eigenvalue weighted by Crippen LogP contribution is -2.36. The van der Waals surface area contributed by atoms with E-state index in [2.05, 4.69) is 31.4 Å². The van der Waals surface area contributed by atoms with Gasteiger partial charge in [0.2, 0.25) is 0 Å². The molecule has 1 aromatic rings. The Kier molecular flexibility index (Phi) is 3.55. The Hall–Kier alpha value is -0.390. The molecule has 4 nitrogen and oxygen atoms in total. The van der Waals surface area contributed by atoms with Gasteiger partial charge in [-0.3, -0.25) is 5.10 Å². The monoisotopic (exact) mass is 259 g/mol. The summed E-state index contributed by atoms with van der Waals surface area (Å²) in [6.45, 7) is 2.55. The number of H-pyrrole nitrogens is 1. The van der Waals surface area contributed by atoms with E-state index in [-0.39, 0.29) is 0 Å². The fraction of sp³-hybridized carbons (Fsp3) is 0.667. The summed E-state index contributed by atoms with van der Waals surface area (Å²) in [5.41, 5.74) is 1.09. The van der Waals surface area contributed by atoms with E-state index in [4.69, 9.17) is 4.74 Å². The number of rotatable bonds is 3. The Balaban J connectivity index is 1.79. The van der Waals surface area contributed by atoms with Crippen LogP contribution in [0.4, 0.5) is 0 Å². The lowest BCUT2D eigenvalue weighted by atomic mass is 10.1. The van der Waals surface area contributed by atoms with Crippen LogP contribution in [0.5, 0.6) is 0 Å². The molecule has 5 heteroatoms. The second-order valence-electron chi connectivity index (χ2n) is 3.49. The van der Waals surface area contributed by atoms with Gasteiger partial charge >= 0.3 is 0 Å². The average molecular weight is 260 g/mol. The van der Waals surface area contributed by atoms with Crippen molar-refractivity contribution in [3.8, 4) is 0 Å². The number of nitrogens with one attached hydrogen (secondary N) is 2. The highest BCUT2D eigenvalue weighted by Gasteiger charge is 2.13. The first-order valence-electron chi connectivity index (χ1n) is 4.85. The Labute approximate surface area is 91.5 Å². The first-order chi connectivity index (χ1) is 6.86. The van der Waals surface area contributed by atoms with E-state index in [1.54, 1.807) is 6.20 Å². The van der Waals surface area contributed by atoms with Crippen LogP contribution in [0.1, 0.15) is 18.5 Å². The highest BCUT2D eigenvalue weighted by Crippen LogP contribution is 2.13. The second kappa shape index (κ2) is 4.91. The highest BCUT2D eigenvalue weighted by atomic mass is 79.9. The smallest absolute Gasteiger partial charge is 0.0633 e. The zero-order valence-corrected chi connectivity index (χ0v) is 9.51. The van der Waals surface area contributed by atoms with Crippen LogP contribution >= 0.6 is 15.9 Å². The molecular weight excluding hydrogens is 246 g/mol. The molecule has 0 bridgehead atoms. The van der Waals surface area contributed by atoms with Crippen molar-refractivity contribution < 1.29 is 4.74 Å². The first-order valence-corrected chi connectivity index (χ1v) is 5.64. The summed E-state index contributed by atoms with van der Waals surface area (Å²) in [5.74, 6) is 0. The molecule has 14 heavy (non-hydrogen) atoms. The van der Waals surface area contributed by atoms with Gasteiger partial charge in [-0.05, 0) is 28.8 Å². The summed E-state index contributed by atoms with van der Waals surface area (Å²) >= 11 is 3.43. The number of hydrogen-bond donors (Lipinski definition) is 2. The number of ether oxygens (including phenoxy) is 1. The fourth-order valence-electron chi connectivity index (χ4n) is 1.57. The number of aromatic amines is 1. The molecule has 1 unspecified atom stereocenters. The van der Waals surface area contributed by atoms with Crippen molar-refractivity contribution in [2.24, 2.45) is 0 Å². The SMILES string of the molecule is Brc1cn[nH]c1CNC1CCCOC1. The number of nitrogens with zero attached hydrogens (tertiary/aromatic N) is 1. The molecule has 1 fully saturated rings. The molecule has 0 aromatic carbocycles. The maximum absolute atomic E-state index is 5.38. The maximum atomic E-state index is 5.38. The van der Waals surface area contributed by atoms with Gasteiger partial charge in [-0.15, -0.1) is 0 Å². The largest absolute Gasteiger partial charge is 0.380 e. The van der Waals surface area contributed by atoms with Crippen molar-refractivity contribution >= 4 is 15.9 Å². The van der Waals surface area contributed by atoms with Crippen molar-refractivity contribution in [3.05, 3.63) is 16.4 Å². The molecular formula is C9H14BrN3O. The lowest BCUT2D eigenvalue weighted by Gasteiger charge is -2.22. The van der Waals surface area contributed by atoms with Gasteiger partial charge in [0, 0.05) is 19.2 Å². The summed E-state index contributed by atoms with van der Waals surface area (Å²) in [4.78, 5) is 0. The minimum absolute atomic E-state index is 0.485. The maximum Gasteiger partial charge on any atom is 0.0633 e. The Morgan fingerprint density at radius 3 is 3.29 bits per heavy atom. The molecule has 2 heterocycles. The van der Waals surface area contributed by atoms with Crippen molar-refractivity contribution in [2.45, 2.75) is 25.4 Å². The van der Waals surface area contributed by atoms with Gasteiger partial charge in [0.25, 0.3) is 0 Å². The number of aromatic nitrogens is 2. The van der Waals surface area contributed by atoms with Gasteiger partial charge < -0.3 is 10.1 Å². The van der Waals surface area contributed by atoms with E-state index in [1.165, 1.54) is 6.42 Å². The van der Waals surface area contributed by atoms with E-state index in [9.17, 15) is 0 Å². The fourth-order valence-corrected chi connectivity index (χ4v) is 1.90. The second-order valence-corrected chi connectivity index (χ2v) is 4.35. The van der Waals surface area contributed by atoms with E-state index >= 15 is 0 Å². The Morgan fingerprint density at radius 1 is 1.71 bits per heavy atom. The third-order valence-electron chi connectivity index (χ3n) is 2.39. The number of hydrogen-bond acceptors (Lipinski definition) is 3. The van der Waals surface area contributed by atoms with Gasteiger partial charge in [0.05, 0.1) is 23.0 Å². The van der Waals surface area contributed by atoms with Gasteiger partial charge in [0.15, 0.2) is 0 Å². The van der Waals surface area contributed by atoms with Gasteiger partial charge in [-0.25, -0.2) is 0 Å². The standard InChI is InChI=1S/C9H14BrN3O/c10-8-4-12-13-9(8)5-11-7-2-1-3-14-6-7/h4,7,11H,1-3,5-6H2,(H,12,13). The van der Waals surface area contributed by atoms with Crippen molar-refractivity contribution in [1.82, 2.24) is 15.5 Å².